The van der Waals surface area contributed by atoms with Gasteiger partial charge in [-0.3, -0.25) is 9.80 Å². The highest BCUT2D eigenvalue weighted by Gasteiger charge is 2.31. The van der Waals surface area contributed by atoms with E-state index in [2.05, 4.69) is 12.2 Å². The van der Waals surface area contributed by atoms with Gasteiger partial charge in [-0.2, -0.15) is 5.10 Å². The van der Waals surface area contributed by atoms with Gasteiger partial charge in [0.15, 0.2) is 11.5 Å². The second kappa shape index (κ2) is 12.3. The Labute approximate surface area is 220 Å². The molecule has 2 aromatic carbocycles. The summed E-state index contributed by atoms with van der Waals surface area (Å²) in [5.74, 6) is 1.51. The number of hydrazone groups is 1. The van der Waals surface area contributed by atoms with E-state index in [1.54, 1.807) is 7.11 Å². The highest BCUT2D eigenvalue weighted by atomic mass is 16.5. The van der Waals surface area contributed by atoms with E-state index in [4.69, 9.17) is 14.6 Å². The molecule has 1 aliphatic heterocycles. The minimum Gasteiger partial charge on any atom is -0.493 e. The van der Waals surface area contributed by atoms with Crippen LogP contribution >= 0.6 is 0 Å². The van der Waals surface area contributed by atoms with Crippen molar-refractivity contribution in [3.05, 3.63) is 53.6 Å². The lowest BCUT2D eigenvalue weighted by Gasteiger charge is -2.35. The fourth-order valence-corrected chi connectivity index (χ4v) is 5.09. The summed E-state index contributed by atoms with van der Waals surface area (Å²) >= 11 is 0. The normalized spacial score (nSPS) is 20.0. The molecule has 198 valence electrons. The van der Waals surface area contributed by atoms with Crippen LogP contribution in [0.4, 0.5) is 5.69 Å². The van der Waals surface area contributed by atoms with Crippen molar-refractivity contribution >= 4 is 23.6 Å². The Morgan fingerprint density at radius 2 is 1.95 bits per heavy atom. The topological polar surface area (TPSA) is 80.2 Å². The number of aldehydes is 1. The molecule has 1 aliphatic carbocycles. The maximum atomic E-state index is 12.2. The van der Waals surface area contributed by atoms with Gasteiger partial charge in [-0.1, -0.05) is 32.9 Å². The molecule has 7 heteroatoms. The zero-order valence-electron chi connectivity index (χ0n) is 22.4. The summed E-state index contributed by atoms with van der Waals surface area (Å²) in [6.07, 6.45) is 7.33. The first-order chi connectivity index (χ1) is 17.9. The van der Waals surface area contributed by atoms with Gasteiger partial charge in [0.1, 0.15) is 12.3 Å². The molecule has 37 heavy (non-hydrogen) atoms. The van der Waals surface area contributed by atoms with Gasteiger partial charge >= 0.3 is 0 Å². The van der Waals surface area contributed by atoms with Crippen molar-refractivity contribution in [2.45, 2.75) is 78.0 Å². The van der Waals surface area contributed by atoms with Crippen LogP contribution in [0.3, 0.4) is 0 Å². The van der Waals surface area contributed by atoms with Crippen molar-refractivity contribution in [2.75, 3.05) is 12.4 Å². The quantitative estimate of drug-likeness (QED) is 0.412. The van der Waals surface area contributed by atoms with Crippen molar-refractivity contribution < 1.29 is 19.1 Å². The molecule has 0 bridgehead atoms. The second-order valence-electron chi connectivity index (χ2n) is 10.4. The summed E-state index contributed by atoms with van der Waals surface area (Å²) in [5.41, 5.74) is 3.68. The van der Waals surface area contributed by atoms with Crippen molar-refractivity contribution in [1.29, 1.82) is 0 Å². The lowest BCUT2D eigenvalue weighted by molar-refractivity contribution is -0.119. The molecule has 1 fully saturated rings. The number of nitrogens with zero attached hydrogens (tertiary/aromatic N) is 2. The van der Waals surface area contributed by atoms with Crippen LogP contribution in [0.5, 0.6) is 11.5 Å². The van der Waals surface area contributed by atoms with Gasteiger partial charge in [0.05, 0.1) is 25.5 Å². The molecule has 1 N–H and O–H groups in total. The fraction of sp³-hybridized carbons (Fsp3) is 0.500. The standard InChI is InChI=1S/C30H39N3O4/c1-5-22-16-25(19-34)33(18-21-9-8-10-24(15-21)31-30(35)20(2)3)32-29(22)23-13-14-27(36-4)28(17-23)37-26-11-6-7-12-26/h8-10,13-15,17,19-20,22,25-26H,5-7,11-12,16,18H2,1-4H3,(H,31,35). The number of amides is 1. The van der Waals surface area contributed by atoms with Gasteiger partial charge in [-0.15, -0.1) is 0 Å². The Balaban J connectivity index is 1.62. The van der Waals surface area contributed by atoms with Crippen molar-refractivity contribution in [3.8, 4) is 11.5 Å². The highest BCUT2D eigenvalue weighted by Crippen LogP contribution is 2.35. The third-order valence-corrected chi connectivity index (χ3v) is 7.30. The van der Waals surface area contributed by atoms with Crippen molar-refractivity contribution in [3.63, 3.8) is 0 Å². The molecule has 2 aliphatic rings. The van der Waals surface area contributed by atoms with Gasteiger partial charge in [-0.05, 0) is 74.4 Å². The van der Waals surface area contributed by atoms with Crippen LogP contribution in [0.2, 0.25) is 0 Å². The summed E-state index contributed by atoms with van der Waals surface area (Å²) in [7, 11) is 1.66. The van der Waals surface area contributed by atoms with Crippen LogP contribution in [-0.4, -0.2) is 42.2 Å². The minimum atomic E-state index is -0.310. The summed E-state index contributed by atoms with van der Waals surface area (Å²) in [6, 6.07) is 13.5. The van der Waals surface area contributed by atoms with Gasteiger partial charge in [0.2, 0.25) is 5.91 Å². The van der Waals surface area contributed by atoms with E-state index in [1.165, 1.54) is 12.8 Å². The number of ether oxygens (including phenoxy) is 2. The molecule has 0 spiro atoms. The molecule has 2 aromatic rings. The van der Waals surface area contributed by atoms with Crippen LogP contribution in [0.15, 0.2) is 47.6 Å². The Hall–Kier alpha value is -3.35. The monoisotopic (exact) mass is 505 g/mol. The first kappa shape index (κ1) is 26.7. The fourth-order valence-electron chi connectivity index (χ4n) is 5.09. The van der Waals surface area contributed by atoms with Gasteiger partial charge < -0.3 is 19.6 Å². The van der Waals surface area contributed by atoms with Gasteiger partial charge in [0, 0.05) is 23.1 Å². The van der Waals surface area contributed by atoms with Crippen LogP contribution in [0.1, 0.15) is 70.4 Å². The van der Waals surface area contributed by atoms with E-state index in [9.17, 15) is 9.59 Å². The molecule has 1 amide bonds. The average molecular weight is 506 g/mol. The van der Waals surface area contributed by atoms with E-state index in [0.717, 1.165) is 59.6 Å². The number of carbonyl (C=O) groups is 2. The van der Waals surface area contributed by atoms with Crippen LogP contribution < -0.4 is 14.8 Å². The number of benzene rings is 2. The molecular formula is C30H39N3O4. The molecule has 0 radical (unpaired) electrons. The Morgan fingerprint density at radius 1 is 1.16 bits per heavy atom. The van der Waals surface area contributed by atoms with Gasteiger partial charge in [0.25, 0.3) is 0 Å². The SMILES string of the molecule is CCC1CC(C=O)N(Cc2cccc(NC(=O)C(C)C)c2)N=C1c1ccc(OC)c(OC2CCCC2)c1. The lowest BCUT2D eigenvalue weighted by atomic mass is 9.87. The molecule has 2 unspecified atom stereocenters. The zero-order chi connectivity index (χ0) is 26.4. The van der Waals surface area contributed by atoms with E-state index < -0.39 is 0 Å². The molecule has 1 saturated carbocycles. The number of hydrogen-bond acceptors (Lipinski definition) is 6. The zero-order valence-corrected chi connectivity index (χ0v) is 22.4. The summed E-state index contributed by atoms with van der Waals surface area (Å²) in [6.45, 7) is 6.34. The molecule has 0 aromatic heterocycles. The maximum Gasteiger partial charge on any atom is 0.226 e. The number of anilines is 1. The first-order valence-electron chi connectivity index (χ1n) is 13.5. The Kier molecular flexibility index (Phi) is 8.85. The average Bonchev–Trinajstić information content (AvgIpc) is 3.41. The second-order valence-corrected chi connectivity index (χ2v) is 10.4. The number of carbonyl (C=O) groups excluding carboxylic acids is 2. The number of methoxy groups -OCH3 is 1. The summed E-state index contributed by atoms with van der Waals surface area (Å²) < 4.78 is 11.9. The van der Waals surface area contributed by atoms with Crippen LogP contribution in [-0.2, 0) is 16.1 Å². The highest BCUT2D eigenvalue weighted by molar-refractivity contribution is 6.03. The first-order valence-corrected chi connectivity index (χ1v) is 13.5. The molecule has 0 saturated heterocycles. The lowest BCUT2D eigenvalue weighted by Crippen LogP contribution is -2.41. The Morgan fingerprint density at radius 3 is 2.62 bits per heavy atom. The summed E-state index contributed by atoms with van der Waals surface area (Å²) in [5, 5.41) is 9.86. The third kappa shape index (κ3) is 6.51. The molecule has 2 atom stereocenters. The third-order valence-electron chi connectivity index (χ3n) is 7.30. The minimum absolute atomic E-state index is 0.0258. The van der Waals surface area contributed by atoms with E-state index in [-0.39, 0.29) is 29.9 Å². The molecule has 4 rings (SSSR count). The molecule has 1 heterocycles. The van der Waals surface area contributed by atoms with Crippen LogP contribution in [0, 0.1) is 11.8 Å². The molecular weight excluding hydrogens is 466 g/mol. The number of rotatable bonds is 10. The predicted molar refractivity (Wildman–Crippen MR) is 146 cm³/mol. The largest absolute Gasteiger partial charge is 0.493 e. The van der Waals surface area contributed by atoms with Gasteiger partial charge in [-0.25, -0.2) is 0 Å². The van der Waals surface area contributed by atoms with Crippen molar-refractivity contribution in [1.82, 2.24) is 5.01 Å². The maximum absolute atomic E-state index is 12.2. The van der Waals surface area contributed by atoms with E-state index in [1.807, 2.05) is 61.3 Å². The number of nitrogens with one attached hydrogen (secondary N) is 1. The van der Waals surface area contributed by atoms with E-state index in [0.29, 0.717) is 13.0 Å². The predicted octanol–water partition coefficient (Wildman–Crippen LogP) is 5.81. The molecule has 7 nitrogen and oxygen atoms in total. The van der Waals surface area contributed by atoms with Crippen LogP contribution in [0.25, 0.3) is 0 Å². The Bertz CT molecular complexity index is 1120. The number of hydrogen-bond donors (Lipinski definition) is 1. The smallest absolute Gasteiger partial charge is 0.226 e. The summed E-state index contributed by atoms with van der Waals surface area (Å²) in [4.78, 5) is 24.2. The van der Waals surface area contributed by atoms with Crippen molar-refractivity contribution in [2.24, 2.45) is 16.9 Å². The van der Waals surface area contributed by atoms with E-state index >= 15 is 0 Å².